The second kappa shape index (κ2) is 5.83. The normalized spacial score (nSPS) is 16.5. The van der Waals surface area contributed by atoms with Gasteiger partial charge >= 0.3 is 12.1 Å². The molecule has 0 aromatic heterocycles. The van der Waals surface area contributed by atoms with Crippen molar-refractivity contribution in [2.75, 3.05) is 0 Å². The van der Waals surface area contributed by atoms with Crippen LogP contribution in [0.3, 0.4) is 0 Å². The summed E-state index contributed by atoms with van der Waals surface area (Å²) in [4.78, 5) is 12.3. The van der Waals surface area contributed by atoms with E-state index in [1.54, 1.807) is 33.8 Å². The Bertz CT molecular complexity index is 665. The summed E-state index contributed by atoms with van der Waals surface area (Å²) >= 11 is 0. The number of rotatable bonds is 4. The Morgan fingerprint density at radius 3 is 2.25 bits per heavy atom. The summed E-state index contributed by atoms with van der Waals surface area (Å²) in [5, 5.41) is 0. The van der Waals surface area contributed by atoms with E-state index < -0.39 is 28.9 Å². The molecule has 1 aromatic carbocycles. The molecule has 0 N–H and O–H groups in total. The van der Waals surface area contributed by atoms with Gasteiger partial charge in [0.1, 0.15) is 11.4 Å². The molecule has 1 aliphatic carbocycles. The van der Waals surface area contributed by atoms with Gasteiger partial charge in [-0.1, -0.05) is 18.7 Å². The Morgan fingerprint density at radius 2 is 1.79 bits per heavy atom. The summed E-state index contributed by atoms with van der Waals surface area (Å²) in [7, 11) is 0. The summed E-state index contributed by atoms with van der Waals surface area (Å²) in [6.07, 6.45) is -3.75. The minimum atomic E-state index is -4.57. The van der Waals surface area contributed by atoms with Gasteiger partial charge in [-0.25, -0.2) is 4.79 Å². The van der Waals surface area contributed by atoms with Gasteiger partial charge in [0.2, 0.25) is 5.60 Å². The van der Waals surface area contributed by atoms with Crippen molar-refractivity contribution in [2.45, 2.75) is 57.9 Å². The summed E-state index contributed by atoms with van der Waals surface area (Å²) < 4.78 is 50.0. The molecule has 0 unspecified atom stereocenters. The fourth-order valence-corrected chi connectivity index (χ4v) is 2.16. The van der Waals surface area contributed by atoms with Crippen molar-refractivity contribution in [1.29, 1.82) is 0 Å². The third-order valence-corrected chi connectivity index (χ3v) is 3.58. The van der Waals surface area contributed by atoms with Crippen LogP contribution in [0.4, 0.5) is 13.2 Å². The lowest BCUT2D eigenvalue weighted by molar-refractivity contribution is -0.165. The molecule has 3 nitrogen and oxygen atoms in total. The minimum absolute atomic E-state index is 0.000634. The molecular weight excluding hydrogens is 321 g/mol. The first-order chi connectivity index (χ1) is 10.8. The molecule has 24 heavy (non-hydrogen) atoms. The molecule has 0 spiro atoms. The number of halogens is 3. The molecule has 0 aliphatic heterocycles. The van der Waals surface area contributed by atoms with E-state index >= 15 is 0 Å². The molecule has 1 saturated carbocycles. The largest absolute Gasteiger partial charge is 0.475 e. The van der Waals surface area contributed by atoms with Crippen LogP contribution in [-0.4, -0.2) is 23.3 Å². The monoisotopic (exact) mass is 342 g/mol. The van der Waals surface area contributed by atoms with Gasteiger partial charge < -0.3 is 9.47 Å². The highest BCUT2D eigenvalue weighted by molar-refractivity contribution is 5.84. The maximum atomic E-state index is 13.0. The van der Waals surface area contributed by atoms with E-state index in [0.717, 1.165) is 5.56 Å². The Labute approximate surface area is 139 Å². The van der Waals surface area contributed by atoms with E-state index in [1.165, 1.54) is 12.1 Å². The van der Waals surface area contributed by atoms with Gasteiger partial charge in [-0.05, 0) is 39.3 Å². The molecule has 1 aromatic rings. The van der Waals surface area contributed by atoms with Gasteiger partial charge in [-0.15, -0.1) is 0 Å². The van der Waals surface area contributed by atoms with Crippen molar-refractivity contribution < 1.29 is 27.4 Å². The number of benzene rings is 1. The first kappa shape index (κ1) is 18.4. The number of carbonyl (C=O) groups is 1. The van der Waals surface area contributed by atoms with Gasteiger partial charge in [0.25, 0.3) is 0 Å². The topological polar surface area (TPSA) is 35.5 Å². The van der Waals surface area contributed by atoms with Gasteiger partial charge in [-0.3, -0.25) is 0 Å². The molecule has 0 radical (unpaired) electrons. The van der Waals surface area contributed by atoms with E-state index in [0.29, 0.717) is 12.8 Å². The van der Waals surface area contributed by atoms with Crippen LogP contribution < -0.4 is 4.74 Å². The van der Waals surface area contributed by atoms with Crippen LogP contribution in [-0.2, 0) is 9.53 Å². The van der Waals surface area contributed by atoms with E-state index in [4.69, 9.17) is 9.47 Å². The quantitative estimate of drug-likeness (QED) is 0.736. The van der Waals surface area contributed by atoms with Gasteiger partial charge in [-0.2, -0.15) is 13.2 Å². The number of aryl methyl sites for hydroxylation is 1. The van der Waals surface area contributed by atoms with E-state index in [-0.39, 0.29) is 11.3 Å². The zero-order chi connectivity index (χ0) is 18.3. The summed E-state index contributed by atoms with van der Waals surface area (Å²) in [5.41, 5.74) is -2.34. The predicted molar refractivity (Wildman–Crippen MR) is 84.7 cm³/mol. The molecule has 2 rings (SSSR count). The summed E-state index contributed by atoms with van der Waals surface area (Å²) in [6, 6.07) is 4.34. The number of hydrogen-bond acceptors (Lipinski definition) is 3. The van der Waals surface area contributed by atoms with E-state index in [2.05, 4.69) is 6.58 Å². The average Bonchev–Trinajstić information content (AvgIpc) is 3.16. The second-order valence-electron chi connectivity index (χ2n) is 7.07. The number of alkyl halides is 3. The maximum Gasteiger partial charge on any atom is 0.416 e. The fraction of sp³-hybridized carbons (Fsp3) is 0.500. The standard InChI is InChI=1S/C18H21F3O3/c1-11-6-7-13(12(2)18(19,20)21)14(10-11)23-17(8-9-17)15(22)24-16(3,4)5/h6-7,10H,2,8-9H2,1,3-5H3. The van der Waals surface area contributed by atoms with Crippen LogP contribution in [0.1, 0.15) is 44.7 Å². The van der Waals surface area contributed by atoms with Crippen molar-refractivity contribution in [3.8, 4) is 5.75 Å². The predicted octanol–water partition coefficient (Wildman–Crippen LogP) is 4.82. The molecule has 6 heteroatoms. The third-order valence-electron chi connectivity index (χ3n) is 3.58. The van der Waals surface area contributed by atoms with Crippen LogP contribution in [0.25, 0.3) is 5.57 Å². The van der Waals surface area contributed by atoms with Crippen LogP contribution in [0.2, 0.25) is 0 Å². The lowest BCUT2D eigenvalue weighted by Gasteiger charge is -2.25. The van der Waals surface area contributed by atoms with Gasteiger partial charge in [0.05, 0.1) is 5.57 Å². The average molecular weight is 342 g/mol. The molecule has 1 fully saturated rings. The SMILES string of the molecule is C=C(c1ccc(C)cc1OC1(C(=O)OC(C)(C)C)CC1)C(F)(F)F. The van der Waals surface area contributed by atoms with Crippen LogP contribution in [0, 0.1) is 6.92 Å². The molecule has 0 bridgehead atoms. The Balaban J connectivity index is 2.31. The van der Waals surface area contributed by atoms with Crippen LogP contribution >= 0.6 is 0 Å². The molecular formula is C18H21F3O3. The zero-order valence-corrected chi connectivity index (χ0v) is 14.2. The highest BCUT2D eigenvalue weighted by Crippen LogP contribution is 2.45. The number of carbonyl (C=O) groups excluding carboxylic acids is 1. The smallest absolute Gasteiger partial charge is 0.416 e. The zero-order valence-electron chi connectivity index (χ0n) is 14.2. The summed E-state index contributed by atoms with van der Waals surface area (Å²) in [5.74, 6) is -0.555. The maximum absolute atomic E-state index is 13.0. The fourth-order valence-electron chi connectivity index (χ4n) is 2.16. The van der Waals surface area contributed by atoms with Crippen LogP contribution in [0.5, 0.6) is 5.75 Å². The number of esters is 1. The first-order valence-corrected chi connectivity index (χ1v) is 7.64. The Kier molecular flexibility index (Phi) is 4.46. The Morgan fingerprint density at radius 1 is 1.21 bits per heavy atom. The highest BCUT2D eigenvalue weighted by Gasteiger charge is 2.56. The van der Waals surface area contributed by atoms with Gasteiger partial charge in [0.15, 0.2) is 0 Å². The van der Waals surface area contributed by atoms with Crippen molar-refractivity contribution in [1.82, 2.24) is 0 Å². The molecule has 1 aliphatic rings. The third kappa shape index (κ3) is 4.10. The van der Waals surface area contributed by atoms with E-state index in [9.17, 15) is 18.0 Å². The second-order valence-corrected chi connectivity index (χ2v) is 7.07. The van der Waals surface area contributed by atoms with E-state index in [1.807, 2.05) is 0 Å². The lowest BCUT2D eigenvalue weighted by Crippen LogP contribution is -2.37. The number of allylic oxidation sites excluding steroid dienone is 1. The molecule has 0 atom stereocenters. The minimum Gasteiger partial charge on any atom is -0.475 e. The van der Waals surface area contributed by atoms with Crippen molar-refractivity contribution in [2.24, 2.45) is 0 Å². The van der Waals surface area contributed by atoms with Crippen molar-refractivity contribution >= 4 is 11.5 Å². The van der Waals surface area contributed by atoms with Crippen molar-refractivity contribution in [3.63, 3.8) is 0 Å². The molecule has 0 amide bonds. The summed E-state index contributed by atoms with van der Waals surface area (Å²) in [6.45, 7) is 10.0. The number of hydrogen-bond donors (Lipinski definition) is 0. The number of ether oxygens (including phenoxy) is 2. The molecule has 132 valence electrons. The van der Waals surface area contributed by atoms with Crippen molar-refractivity contribution in [3.05, 3.63) is 35.9 Å². The first-order valence-electron chi connectivity index (χ1n) is 7.64. The highest BCUT2D eigenvalue weighted by atomic mass is 19.4. The van der Waals surface area contributed by atoms with Crippen LogP contribution in [0.15, 0.2) is 24.8 Å². The molecule has 0 saturated heterocycles. The Hall–Kier alpha value is -1.98. The van der Waals surface area contributed by atoms with Gasteiger partial charge in [0, 0.05) is 18.4 Å². The molecule has 0 heterocycles. The lowest BCUT2D eigenvalue weighted by atomic mass is 10.0.